The van der Waals surface area contributed by atoms with E-state index in [4.69, 9.17) is 28.4 Å². The summed E-state index contributed by atoms with van der Waals surface area (Å²) >= 11 is 0. The van der Waals surface area contributed by atoms with Gasteiger partial charge in [-0.2, -0.15) is 0 Å². The Bertz CT molecular complexity index is 1540. The summed E-state index contributed by atoms with van der Waals surface area (Å²) in [6, 6.07) is 24.4. The highest BCUT2D eigenvalue weighted by molar-refractivity contribution is 5.90. The summed E-state index contributed by atoms with van der Waals surface area (Å²) in [7, 11) is 2.57. The average molecular weight is 645 g/mol. The van der Waals surface area contributed by atoms with Crippen LogP contribution in [-0.2, 0) is 9.47 Å². The third-order valence-corrected chi connectivity index (χ3v) is 6.93. The van der Waals surface area contributed by atoms with Crippen LogP contribution in [0.25, 0.3) is 0 Å². The molecule has 0 aliphatic rings. The lowest BCUT2D eigenvalue weighted by Crippen LogP contribution is -2.45. The number of methoxy groups -OCH3 is 2. The van der Waals surface area contributed by atoms with Gasteiger partial charge in [-0.1, -0.05) is 0 Å². The van der Waals surface area contributed by atoms with E-state index < -0.39 is 29.3 Å². The Kier molecular flexibility index (Phi) is 11.4. The molecule has 0 bridgehead atoms. The van der Waals surface area contributed by atoms with Crippen molar-refractivity contribution in [2.75, 3.05) is 40.6 Å². The van der Waals surface area contributed by atoms with E-state index in [9.17, 15) is 29.4 Å². The number of esters is 2. The predicted molar refractivity (Wildman–Crippen MR) is 167 cm³/mol. The molecular formula is C35H32O12. The Morgan fingerprint density at radius 1 is 0.447 bits per heavy atom. The number of ether oxygens (including phenoxy) is 6. The third-order valence-electron chi connectivity index (χ3n) is 6.93. The van der Waals surface area contributed by atoms with Crippen molar-refractivity contribution < 1.29 is 57.8 Å². The van der Waals surface area contributed by atoms with Crippen LogP contribution in [0.2, 0.25) is 0 Å². The smallest absolute Gasteiger partial charge is 0.337 e. The van der Waals surface area contributed by atoms with Gasteiger partial charge in [0, 0.05) is 0 Å². The maximum Gasteiger partial charge on any atom is 0.337 e. The van der Waals surface area contributed by atoms with E-state index in [0.29, 0.717) is 34.1 Å². The van der Waals surface area contributed by atoms with Crippen LogP contribution in [-0.4, -0.2) is 74.7 Å². The molecule has 0 unspecified atom stereocenters. The molecule has 2 N–H and O–H groups in total. The van der Waals surface area contributed by atoms with E-state index in [-0.39, 0.29) is 37.6 Å². The van der Waals surface area contributed by atoms with Crippen molar-refractivity contribution in [3.63, 3.8) is 0 Å². The molecule has 0 saturated carbocycles. The van der Waals surface area contributed by atoms with Crippen molar-refractivity contribution in [3.8, 4) is 23.0 Å². The zero-order valence-corrected chi connectivity index (χ0v) is 25.5. The molecular weight excluding hydrogens is 612 g/mol. The minimum absolute atomic E-state index is 0.0226. The van der Waals surface area contributed by atoms with Crippen LogP contribution < -0.4 is 18.9 Å². The summed E-state index contributed by atoms with van der Waals surface area (Å²) in [5, 5.41) is 18.5. The number of carbonyl (C=O) groups excluding carboxylic acids is 2. The summed E-state index contributed by atoms with van der Waals surface area (Å²) < 4.78 is 34.1. The molecule has 0 heterocycles. The largest absolute Gasteiger partial charge is 0.493 e. The first kappa shape index (κ1) is 33.8. The van der Waals surface area contributed by atoms with Gasteiger partial charge in [-0.25, -0.2) is 19.2 Å². The molecule has 0 spiro atoms. The normalized spacial score (nSPS) is 10.8. The SMILES string of the molecule is COC(=O)c1ccc(OCC(COc2ccc(C(=O)O)cc2)(COc2ccc(C(=O)O)cc2)COc2ccc(C(=O)OC)cc2)cc1. The quantitative estimate of drug-likeness (QED) is 0.152. The predicted octanol–water partition coefficient (Wildman–Crippen LogP) is 5.26. The Labute approximate surface area is 270 Å². The summed E-state index contributed by atoms with van der Waals surface area (Å²) in [5.74, 6) is -1.52. The minimum atomic E-state index is -1.08. The van der Waals surface area contributed by atoms with Gasteiger partial charge in [0.2, 0.25) is 0 Å². The number of aromatic carboxylic acids is 2. The standard InChI is InChI=1S/C35H32O12/c1-42-33(40)25-7-15-29(16-8-25)46-21-35(19-44-27-11-3-23(4-12-27)31(36)37,20-45-28-13-5-24(6-14-28)32(38)39)22-47-30-17-9-26(10-18-30)34(41)43-2/h3-18H,19-22H2,1-2H3,(H,36,37)(H,38,39). The lowest BCUT2D eigenvalue weighted by Gasteiger charge is -2.33. The number of carboxylic acids is 2. The van der Waals surface area contributed by atoms with Gasteiger partial charge < -0.3 is 38.6 Å². The van der Waals surface area contributed by atoms with Gasteiger partial charge in [-0.3, -0.25) is 0 Å². The topological polar surface area (TPSA) is 164 Å². The molecule has 12 heteroatoms. The van der Waals surface area contributed by atoms with Gasteiger partial charge in [0.1, 0.15) is 54.8 Å². The van der Waals surface area contributed by atoms with Gasteiger partial charge in [0.25, 0.3) is 0 Å². The number of hydrogen-bond acceptors (Lipinski definition) is 10. The molecule has 0 radical (unpaired) electrons. The van der Waals surface area contributed by atoms with Crippen molar-refractivity contribution in [1.29, 1.82) is 0 Å². The van der Waals surface area contributed by atoms with Gasteiger partial charge in [-0.05, 0) is 97.1 Å². The van der Waals surface area contributed by atoms with E-state index in [1.54, 1.807) is 48.5 Å². The summed E-state index contributed by atoms with van der Waals surface area (Å²) in [4.78, 5) is 46.4. The molecule has 0 aromatic heterocycles. The monoisotopic (exact) mass is 644 g/mol. The van der Waals surface area contributed by atoms with Crippen LogP contribution >= 0.6 is 0 Å². The van der Waals surface area contributed by atoms with E-state index in [0.717, 1.165) is 0 Å². The number of hydrogen-bond donors (Lipinski definition) is 2. The average Bonchev–Trinajstić information content (AvgIpc) is 3.11. The zero-order valence-electron chi connectivity index (χ0n) is 25.5. The van der Waals surface area contributed by atoms with Crippen molar-refractivity contribution in [2.45, 2.75) is 0 Å². The first-order valence-electron chi connectivity index (χ1n) is 14.2. The maximum absolute atomic E-state index is 11.9. The number of carbonyl (C=O) groups is 4. The summed E-state index contributed by atoms with van der Waals surface area (Å²) in [6.07, 6.45) is 0. The van der Waals surface area contributed by atoms with Gasteiger partial charge in [0.05, 0.1) is 36.5 Å². The second kappa shape index (κ2) is 15.8. The Balaban J connectivity index is 1.62. The fourth-order valence-electron chi connectivity index (χ4n) is 4.19. The summed E-state index contributed by atoms with van der Waals surface area (Å²) in [5.41, 5.74) is -0.181. The highest BCUT2D eigenvalue weighted by Crippen LogP contribution is 2.27. The van der Waals surface area contributed by atoms with Crippen molar-refractivity contribution in [1.82, 2.24) is 0 Å². The molecule has 47 heavy (non-hydrogen) atoms. The molecule has 4 aromatic carbocycles. The molecule has 244 valence electrons. The molecule has 0 aliphatic heterocycles. The molecule has 0 atom stereocenters. The van der Waals surface area contributed by atoms with E-state index in [2.05, 4.69) is 0 Å². The number of benzene rings is 4. The van der Waals surface area contributed by atoms with Crippen LogP contribution in [0.5, 0.6) is 23.0 Å². The van der Waals surface area contributed by atoms with Crippen LogP contribution in [0.1, 0.15) is 41.4 Å². The van der Waals surface area contributed by atoms with Crippen LogP contribution in [0.4, 0.5) is 0 Å². The lowest BCUT2D eigenvalue weighted by molar-refractivity contribution is -0.00352. The van der Waals surface area contributed by atoms with Crippen molar-refractivity contribution in [2.24, 2.45) is 5.41 Å². The van der Waals surface area contributed by atoms with E-state index >= 15 is 0 Å². The molecule has 12 nitrogen and oxygen atoms in total. The number of rotatable bonds is 16. The Morgan fingerprint density at radius 2 is 0.681 bits per heavy atom. The highest BCUT2D eigenvalue weighted by Gasteiger charge is 2.36. The molecule has 0 saturated heterocycles. The van der Waals surface area contributed by atoms with Crippen molar-refractivity contribution >= 4 is 23.9 Å². The van der Waals surface area contributed by atoms with Crippen molar-refractivity contribution in [3.05, 3.63) is 119 Å². The fourth-order valence-corrected chi connectivity index (χ4v) is 4.19. The fraction of sp³-hybridized carbons (Fsp3) is 0.200. The van der Waals surface area contributed by atoms with Crippen LogP contribution in [0.15, 0.2) is 97.1 Å². The maximum atomic E-state index is 11.9. The molecule has 4 rings (SSSR count). The van der Waals surface area contributed by atoms with E-state index in [1.165, 1.54) is 62.8 Å². The van der Waals surface area contributed by atoms with Gasteiger partial charge in [-0.15, -0.1) is 0 Å². The molecule has 0 aliphatic carbocycles. The molecule has 0 fully saturated rings. The van der Waals surface area contributed by atoms with E-state index in [1.807, 2.05) is 0 Å². The zero-order chi connectivity index (χ0) is 33.8. The minimum Gasteiger partial charge on any atom is -0.493 e. The second-order valence-electron chi connectivity index (χ2n) is 10.3. The second-order valence-corrected chi connectivity index (χ2v) is 10.3. The van der Waals surface area contributed by atoms with Crippen LogP contribution in [0.3, 0.4) is 0 Å². The third kappa shape index (κ3) is 9.47. The first-order chi connectivity index (χ1) is 22.6. The first-order valence-corrected chi connectivity index (χ1v) is 14.2. The molecule has 0 amide bonds. The Hall–Kier alpha value is -6.04. The summed E-state index contributed by atoms with van der Waals surface area (Å²) in [6.45, 7) is -0.114. The highest BCUT2D eigenvalue weighted by atomic mass is 16.5. The lowest BCUT2D eigenvalue weighted by atomic mass is 9.92. The van der Waals surface area contributed by atoms with Gasteiger partial charge in [0.15, 0.2) is 0 Å². The molecule has 4 aromatic rings. The number of carboxylic acid groups (broad SMARTS) is 2. The van der Waals surface area contributed by atoms with Crippen LogP contribution in [0, 0.1) is 5.41 Å². The van der Waals surface area contributed by atoms with Gasteiger partial charge >= 0.3 is 23.9 Å². The Morgan fingerprint density at radius 3 is 0.894 bits per heavy atom.